The number of nitrogens with one attached hydrogen (secondary N) is 1. The van der Waals surface area contributed by atoms with Crippen LogP contribution in [0.25, 0.3) is 16.8 Å². The van der Waals surface area contributed by atoms with Crippen molar-refractivity contribution in [1.82, 2.24) is 4.98 Å². The second-order valence-corrected chi connectivity index (χ2v) is 7.78. The monoisotopic (exact) mass is 404 g/mol. The van der Waals surface area contributed by atoms with Gasteiger partial charge >= 0.3 is 0 Å². The van der Waals surface area contributed by atoms with Crippen molar-refractivity contribution >= 4 is 28.3 Å². The van der Waals surface area contributed by atoms with Crippen LogP contribution in [0.15, 0.2) is 60.1 Å². The molecule has 0 radical (unpaired) electrons. The summed E-state index contributed by atoms with van der Waals surface area (Å²) in [5, 5.41) is 25.9. The minimum Gasteiger partial charge on any atom is -0.355 e. The molecule has 0 unspecified atom stereocenters. The van der Waals surface area contributed by atoms with Gasteiger partial charge in [-0.2, -0.15) is 5.26 Å². The number of rotatable bonds is 7. The van der Waals surface area contributed by atoms with Gasteiger partial charge in [-0.25, -0.2) is 4.98 Å². The summed E-state index contributed by atoms with van der Waals surface area (Å²) in [4.78, 5) is 15.2. The van der Waals surface area contributed by atoms with Crippen LogP contribution in [0.3, 0.4) is 0 Å². The van der Waals surface area contributed by atoms with Gasteiger partial charge in [-0.05, 0) is 24.0 Å². The van der Waals surface area contributed by atoms with Crippen LogP contribution in [-0.2, 0) is 6.42 Å². The second-order valence-electron chi connectivity index (χ2n) is 6.92. The minimum atomic E-state index is -0.466. The number of para-hydroxylation sites is 2. The van der Waals surface area contributed by atoms with Crippen LogP contribution in [0.5, 0.6) is 0 Å². The van der Waals surface area contributed by atoms with Crippen LogP contribution in [0.1, 0.15) is 24.4 Å². The number of nitro benzene ring substituents is 1. The van der Waals surface area contributed by atoms with Gasteiger partial charge in [-0.15, -0.1) is 11.3 Å². The van der Waals surface area contributed by atoms with Crippen molar-refractivity contribution in [3.8, 4) is 17.3 Å². The third-order valence-corrected chi connectivity index (χ3v) is 5.10. The first-order valence-corrected chi connectivity index (χ1v) is 10.0. The first-order chi connectivity index (χ1) is 14.0. The molecule has 0 bridgehead atoms. The molecule has 1 heterocycles. The zero-order chi connectivity index (χ0) is 20.8. The van der Waals surface area contributed by atoms with Gasteiger partial charge in [0.2, 0.25) is 0 Å². The molecule has 0 fully saturated rings. The lowest BCUT2D eigenvalue weighted by molar-refractivity contribution is -0.383. The summed E-state index contributed by atoms with van der Waals surface area (Å²) in [6, 6.07) is 16.7. The molecule has 0 atom stereocenters. The van der Waals surface area contributed by atoms with Crippen molar-refractivity contribution in [2.75, 3.05) is 5.32 Å². The Hall–Kier alpha value is -3.50. The summed E-state index contributed by atoms with van der Waals surface area (Å²) in [6.45, 7) is 4.38. The second kappa shape index (κ2) is 9.13. The van der Waals surface area contributed by atoms with Crippen molar-refractivity contribution in [2.45, 2.75) is 20.3 Å². The number of nitriles is 1. The Morgan fingerprint density at radius 1 is 1.28 bits per heavy atom. The molecule has 1 N–H and O–H groups in total. The molecule has 0 saturated carbocycles. The number of nitro groups is 1. The highest BCUT2D eigenvalue weighted by atomic mass is 32.1. The van der Waals surface area contributed by atoms with E-state index in [2.05, 4.69) is 42.4 Å². The molecule has 2 aromatic carbocycles. The minimum absolute atomic E-state index is 0.0534. The molecule has 0 amide bonds. The third-order valence-electron chi connectivity index (χ3n) is 4.22. The average Bonchev–Trinajstić information content (AvgIpc) is 3.19. The molecular formula is C22H20N4O2S. The maximum atomic E-state index is 11.1. The Kier molecular flexibility index (Phi) is 6.37. The fourth-order valence-corrected chi connectivity index (χ4v) is 3.65. The summed E-state index contributed by atoms with van der Waals surface area (Å²) >= 11 is 1.36. The van der Waals surface area contributed by atoms with Crippen LogP contribution in [0.2, 0.25) is 0 Å². The number of anilines is 1. The number of allylic oxidation sites excluding steroid dienone is 1. The Bertz CT molecular complexity index is 1080. The molecule has 3 aromatic rings. The van der Waals surface area contributed by atoms with Gasteiger partial charge in [0.1, 0.15) is 22.3 Å². The SMILES string of the molecule is CC(C)Cc1ccc(-c2csc(C(C#N)=CNc3ccccc3[N+](=O)[O-])n2)cc1. The zero-order valence-corrected chi connectivity index (χ0v) is 16.9. The zero-order valence-electron chi connectivity index (χ0n) is 16.1. The van der Waals surface area contributed by atoms with E-state index in [1.54, 1.807) is 18.2 Å². The van der Waals surface area contributed by atoms with Gasteiger partial charge < -0.3 is 5.32 Å². The molecule has 7 heteroatoms. The Morgan fingerprint density at radius 3 is 2.66 bits per heavy atom. The Labute approximate surface area is 173 Å². The van der Waals surface area contributed by atoms with E-state index in [-0.39, 0.29) is 5.69 Å². The number of hydrogen-bond donors (Lipinski definition) is 1. The van der Waals surface area contributed by atoms with E-state index >= 15 is 0 Å². The molecule has 6 nitrogen and oxygen atoms in total. The van der Waals surface area contributed by atoms with Gasteiger partial charge in [-0.1, -0.05) is 50.2 Å². The summed E-state index contributed by atoms with van der Waals surface area (Å²) in [6.07, 6.45) is 2.48. The normalized spacial score (nSPS) is 11.3. The van der Waals surface area contributed by atoms with E-state index < -0.39 is 4.92 Å². The van der Waals surface area contributed by atoms with E-state index in [4.69, 9.17) is 0 Å². The predicted molar refractivity (Wildman–Crippen MR) is 116 cm³/mol. The van der Waals surface area contributed by atoms with Gasteiger partial charge in [0, 0.05) is 23.2 Å². The first-order valence-electron chi connectivity index (χ1n) is 9.13. The smallest absolute Gasteiger partial charge is 0.292 e. The average molecular weight is 404 g/mol. The largest absolute Gasteiger partial charge is 0.355 e. The van der Waals surface area contributed by atoms with Crippen LogP contribution < -0.4 is 5.32 Å². The van der Waals surface area contributed by atoms with Gasteiger partial charge in [-0.3, -0.25) is 10.1 Å². The standard InChI is InChI=1S/C22H20N4O2S/c1-15(2)11-16-7-9-17(10-8-16)20-14-29-22(25-20)18(12-23)13-24-19-5-3-4-6-21(19)26(27)28/h3-10,13-15,24H,11H2,1-2H3. The fourth-order valence-electron chi connectivity index (χ4n) is 2.86. The number of hydrogen-bond acceptors (Lipinski definition) is 6. The van der Waals surface area contributed by atoms with E-state index in [1.165, 1.54) is 29.2 Å². The Morgan fingerprint density at radius 2 is 2.00 bits per heavy atom. The van der Waals surface area contributed by atoms with Crippen molar-refractivity contribution in [1.29, 1.82) is 5.26 Å². The van der Waals surface area contributed by atoms with Crippen molar-refractivity contribution in [2.24, 2.45) is 5.92 Å². The van der Waals surface area contributed by atoms with Crippen molar-refractivity contribution < 1.29 is 4.92 Å². The van der Waals surface area contributed by atoms with Crippen LogP contribution in [0.4, 0.5) is 11.4 Å². The lowest BCUT2D eigenvalue weighted by Crippen LogP contribution is -1.96. The fraction of sp³-hybridized carbons (Fsp3) is 0.182. The highest BCUT2D eigenvalue weighted by Gasteiger charge is 2.13. The Balaban J connectivity index is 1.80. The summed E-state index contributed by atoms with van der Waals surface area (Å²) in [7, 11) is 0. The summed E-state index contributed by atoms with van der Waals surface area (Å²) in [5.74, 6) is 0.600. The maximum absolute atomic E-state index is 11.1. The molecule has 0 aliphatic carbocycles. The van der Waals surface area contributed by atoms with E-state index in [0.717, 1.165) is 17.7 Å². The summed E-state index contributed by atoms with van der Waals surface area (Å²) < 4.78 is 0. The molecule has 0 saturated heterocycles. The molecule has 146 valence electrons. The summed E-state index contributed by atoms with van der Waals surface area (Å²) in [5.41, 5.74) is 3.66. The molecule has 3 rings (SSSR count). The third kappa shape index (κ3) is 5.06. The quantitative estimate of drug-likeness (QED) is 0.301. The first kappa shape index (κ1) is 20.2. The van der Waals surface area contributed by atoms with Gasteiger partial charge in [0.15, 0.2) is 0 Å². The van der Waals surface area contributed by atoms with Crippen LogP contribution in [-0.4, -0.2) is 9.91 Å². The van der Waals surface area contributed by atoms with E-state index in [9.17, 15) is 15.4 Å². The molecule has 0 aliphatic heterocycles. The topological polar surface area (TPSA) is 91.8 Å². The molecule has 1 aromatic heterocycles. The van der Waals surface area contributed by atoms with Gasteiger partial charge in [0.25, 0.3) is 5.69 Å². The lowest BCUT2D eigenvalue weighted by Gasteiger charge is -2.05. The lowest BCUT2D eigenvalue weighted by atomic mass is 10.0. The predicted octanol–water partition coefficient (Wildman–Crippen LogP) is 5.89. The number of nitrogens with zero attached hydrogens (tertiary/aromatic N) is 3. The highest BCUT2D eigenvalue weighted by Crippen LogP contribution is 2.28. The van der Waals surface area contributed by atoms with E-state index in [0.29, 0.717) is 22.2 Å². The number of aromatic nitrogens is 1. The van der Waals surface area contributed by atoms with Crippen molar-refractivity contribution in [3.05, 3.63) is 80.8 Å². The van der Waals surface area contributed by atoms with Crippen molar-refractivity contribution in [3.63, 3.8) is 0 Å². The maximum Gasteiger partial charge on any atom is 0.292 e. The molecule has 29 heavy (non-hydrogen) atoms. The van der Waals surface area contributed by atoms with Crippen LogP contribution >= 0.6 is 11.3 Å². The molecule has 0 spiro atoms. The number of benzene rings is 2. The molecular weight excluding hydrogens is 384 g/mol. The van der Waals surface area contributed by atoms with E-state index in [1.807, 2.05) is 17.5 Å². The highest BCUT2D eigenvalue weighted by molar-refractivity contribution is 7.11. The van der Waals surface area contributed by atoms with Crippen LogP contribution in [0, 0.1) is 27.4 Å². The van der Waals surface area contributed by atoms with Gasteiger partial charge in [0.05, 0.1) is 10.6 Å². The molecule has 0 aliphatic rings. The number of thiazole rings is 1.